The number of alkyl halides is 3. The van der Waals surface area contributed by atoms with Crippen molar-refractivity contribution < 1.29 is 13.2 Å². The lowest BCUT2D eigenvalue weighted by Gasteiger charge is -2.18. The van der Waals surface area contributed by atoms with Gasteiger partial charge in [0, 0.05) is 0 Å². The maximum atomic E-state index is 12.4. The van der Waals surface area contributed by atoms with Crippen LogP contribution < -0.4 is 5.32 Å². The van der Waals surface area contributed by atoms with E-state index >= 15 is 0 Å². The van der Waals surface area contributed by atoms with Crippen molar-refractivity contribution >= 4 is 34.6 Å². The molecule has 1 N–H and O–H groups in total. The molecule has 1 unspecified atom stereocenters. The number of nitrogens with one attached hydrogen (secondary N) is 1. The van der Waals surface area contributed by atoms with Crippen LogP contribution in [0, 0.1) is 0 Å². The summed E-state index contributed by atoms with van der Waals surface area (Å²) in [6.45, 7) is 0. The van der Waals surface area contributed by atoms with E-state index in [1.807, 2.05) is 0 Å². The topological polar surface area (TPSA) is 24.4 Å². The number of fused-ring (bicyclic) bond motifs is 1. The Hall–Kier alpha value is -0.880. The lowest BCUT2D eigenvalue weighted by atomic mass is 10.0. The zero-order valence-corrected chi connectivity index (χ0v) is 8.67. The maximum absolute atomic E-state index is 12.4. The highest BCUT2D eigenvalue weighted by Gasteiger charge is 2.38. The molecule has 0 amide bonds. The molecular formula is C8H4ClF3N2S. The Labute approximate surface area is 93.5 Å². The first-order valence-corrected chi connectivity index (χ1v) is 4.72. The third kappa shape index (κ3) is 1.91. The fraction of sp³-hybridized carbons (Fsp3) is 0.250. The van der Waals surface area contributed by atoms with Crippen LogP contribution >= 0.6 is 23.8 Å². The van der Waals surface area contributed by atoms with Crippen LogP contribution in [0.15, 0.2) is 27.7 Å². The first-order valence-electron chi connectivity index (χ1n) is 3.93. The molecule has 0 aromatic heterocycles. The van der Waals surface area contributed by atoms with Crippen LogP contribution in [0.1, 0.15) is 0 Å². The minimum atomic E-state index is -4.41. The van der Waals surface area contributed by atoms with E-state index in [0.29, 0.717) is 5.71 Å². The number of hydrogen-bond acceptors (Lipinski definition) is 1. The Morgan fingerprint density at radius 2 is 2.13 bits per heavy atom. The molecule has 80 valence electrons. The van der Waals surface area contributed by atoms with Crippen LogP contribution in [-0.4, -0.2) is 23.0 Å². The van der Waals surface area contributed by atoms with Crippen molar-refractivity contribution in [3.8, 4) is 0 Å². The van der Waals surface area contributed by atoms with Gasteiger partial charge in [0.15, 0.2) is 5.11 Å². The number of nitrogens with zero attached hydrogens (tertiary/aromatic N) is 1. The van der Waals surface area contributed by atoms with E-state index < -0.39 is 17.8 Å². The lowest BCUT2D eigenvalue weighted by Crippen LogP contribution is -2.33. The maximum Gasteiger partial charge on any atom is 0.416 e. The summed E-state index contributed by atoms with van der Waals surface area (Å²) in [4.78, 5) is 3.83. The molecule has 1 aliphatic heterocycles. The normalized spacial score (nSPS) is 25.2. The molecule has 0 fully saturated rings. The first-order chi connectivity index (χ1) is 6.88. The summed E-state index contributed by atoms with van der Waals surface area (Å²) in [7, 11) is 0. The van der Waals surface area contributed by atoms with E-state index in [4.69, 9.17) is 23.8 Å². The van der Waals surface area contributed by atoms with E-state index in [-0.39, 0.29) is 10.1 Å². The van der Waals surface area contributed by atoms with Crippen molar-refractivity contribution in [2.24, 2.45) is 4.99 Å². The molecule has 1 aliphatic carbocycles. The predicted molar refractivity (Wildman–Crippen MR) is 55.0 cm³/mol. The van der Waals surface area contributed by atoms with E-state index in [1.54, 1.807) is 0 Å². The van der Waals surface area contributed by atoms with Gasteiger partial charge in [-0.25, -0.2) is 4.99 Å². The second-order valence-electron chi connectivity index (χ2n) is 3.04. The zero-order valence-electron chi connectivity index (χ0n) is 7.10. The van der Waals surface area contributed by atoms with Crippen LogP contribution in [0.2, 0.25) is 0 Å². The molecular weight excluding hydrogens is 249 g/mol. The van der Waals surface area contributed by atoms with Gasteiger partial charge in [-0.05, 0) is 24.4 Å². The minimum Gasteiger partial charge on any atom is -0.349 e. The molecule has 1 heterocycles. The molecule has 7 heteroatoms. The number of allylic oxidation sites excluding steroid dienone is 2. The Morgan fingerprint density at radius 3 is 2.73 bits per heavy atom. The molecule has 0 aromatic rings. The standard InChI is InChI=1S/C8H4ClF3N2S/c9-4-1-3(8(10,11)12)2-5-6(4)14-7(15)13-5/h1-2,5H,(H,13,15). The fourth-order valence-corrected chi connectivity index (χ4v) is 1.85. The SMILES string of the molecule is FC(F)(F)C1=CC2NC(=S)N=C2C(Cl)=C1. The summed E-state index contributed by atoms with van der Waals surface area (Å²) in [6.07, 6.45) is -2.53. The molecule has 2 aliphatic rings. The summed E-state index contributed by atoms with van der Waals surface area (Å²) in [5.74, 6) is 0. The quantitative estimate of drug-likeness (QED) is 0.669. The van der Waals surface area contributed by atoms with Gasteiger partial charge in [-0.2, -0.15) is 13.2 Å². The molecule has 0 bridgehead atoms. The summed E-state index contributed by atoms with van der Waals surface area (Å²) < 4.78 is 37.2. The second-order valence-corrected chi connectivity index (χ2v) is 3.83. The number of halogens is 4. The van der Waals surface area contributed by atoms with Gasteiger partial charge in [-0.15, -0.1) is 0 Å². The van der Waals surface area contributed by atoms with Crippen molar-refractivity contribution in [2.75, 3.05) is 0 Å². The van der Waals surface area contributed by atoms with Crippen LogP contribution in [0.4, 0.5) is 13.2 Å². The molecule has 1 atom stereocenters. The Kier molecular flexibility index (Phi) is 2.35. The highest BCUT2D eigenvalue weighted by atomic mass is 35.5. The number of rotatable bonds is 0. The van der Waals surface area contributed by atoms with E-state index in [2.05, 4.69) is 10.3 Å². The van der Waals surface area contributed by atoms with Gasteiger partial charge >= 0.3 is 6.18 Å². The molecule has 2 rings (SSSR count). The average molecular weight is 253 g/mol. The molecule has 0 spiro atoms. The van der Waals surface area contributed by atoms with Crippen molar-refractivity contribution in [2.45, 2.75) is 12.2 Å². The van der Waals surface area contributed by atoms with Gasteiger partial charge in [0.05, 0.1) is 22.4 Å². The summed E-state index contributed by atoms with van der Waals surface area (Å²) >= 11 is 10.4. The van der Waals surface area contributed by atoms with Gasteiger partial charge in [0.1, 0.15) is 0 Å². The Morgan fingerprint density at radius 1 is 1.47 bits per heavy atom. The lowest BCUT2D eigenvalue weighted by molar-refractivity contribution is -0.0885. The van der Waals surface area contributed by atoms with Crippen LogP contribution in [0.3, 0.4) is 0 Å². The molecule has 15 heavy (non-hydrogen) atoms. The monoisotopic (exact) mass is 252 g/mol. The summed E-state index contributed by atoms with van der Waals surface area (Å²) in [5, 5.41) is 2.74. The van der Waals surface area contributed by atoms with Crippen LogP contribution in [-0.2, 0) is 0 Å². The third-order valence-corrected chi connectivity index (χ3v) is 2.51. The van der Waals surface area contributed by atoms with Crippen LogP contribution in [0.5, 0.6) is 0 Å². The predicted octanol–water partition coefficient (Wildman–Crippen LogP) is 2.31. The van der Waals surface area contributed by atoms with Crippen molar-refractivity contribution in [3.05, 3.63) is 22.8 Å². The number of thiocarbonyl (C=S) groups is 1. The molecule has 0 aromatic carbocycles. The average Bonchev–Trinajstić information content (AvgIpc) is 2.44. The molecule has 2 nitrogen and oxygen atoms in total. The second kappa shape index (κ2) is 3.31. The first kappa shape index (κ1) is 10.6. The fourth-order valence-electron chi connectivity index (χ4n) is 1.35. The molecule has 0 radical (unpaired) electrons. The third-order valence-electron chi connectivity index (χ3n) is 2.00. The van der Waals surface area contributed by atoms with Gasteiger partial charge in [0.2, 0.25) is 0 Å². The van der Waals surface area contributed by atoms with E-state index in [9.17, 15) is 13.2 Å². The largest absolute Gasteiger partial charge is 0.416 e. The number of aliphatic imine (C=N–C) groups is 1. The highest BCUT2D eigenvalue weighted by Crippen LogP contribution is 2.33. The van der Waals surface area contributed by atoms with Crippen molar-refractivity contribution in [3.63, 3.8) is 0 Å². The summed E-state index contributed by atoms with van der Waals surface area (Å²) in [5.41, 5.74) is -0.441. The van der Waals surface area contributed by atoms with Gasteiger partial charge in [0.25, 0.3) is 0 Å². The van der Waals surface area contributed by atoms with E-state index in [1.165, 1.54) is 0 Å². The Bertz CT molecular complexity index is 422. The summed E-state index contributed by atoms with van der Waals surface area (Å²) in [6, 6.07) is -0.661. The van der Waals surface area contributed by atoms with Gasteiger partial charge < -0.3 is 5.32 Å². The Balaban J connectivity index is 2.40. The molecule has 0 saturated carbocycles. The highest BCUT2D eigenvalue weighted by molar-refractivity contribution is 7.80. The van der Waals surface area contributed by atoms with Crippen molar-refractivity contribution in [1.82, 2.24) is 5.32 Å². The zero-order chi connectivity index (χ0) is 11.2. The minimum absolute atomic E-state index is 0.0258. The number of hydrogen-bond donors (Lipinski definition) is 1. The van der Waals surface area contributed by atoms with E-state index in [0.717, 1.165) is 12.2 Å². The van der Waals surface area contributed by atoms with Crippen molar-refractivity contribution in [1.29, 1.82) is 0 Å². The van der Waals surface area contributed by atoms with Gasteiger partial charge in [-0.3, -0.25) is 0 Å². The molecule has 0 saturated heterocycles. The van der Waals surface area contributed by atoms with Crippen LogP contribution in [0.25, 0.3) is 0 Å². The van der Waals surface area contributed by atoms with Gasteiger partial charge in [-0.1, -0.05) is 11.6 Å². The smallest absolute Gasteiger partial charge is 0.349 e.